The second kappa shape index (κ2) is 9.24. The van der Waals surface area contributed by atoms with Gasteiger partial charge in [-0.05, 0) is 54.4 Å². The van der Waals surface area contributed by atoms with E-state index in [1.54, 1.807) is 26.4 Å². The Morgan fingerprint density at radius 1 is 0.879 bits per heavy atom. The molecule has 33 heavy (non-hydrogen) atoms. The number of amides is 1. The van der Waals surface area contributed by atoms with Crippen LogP contribution in [0.4, 0.5) is 5.69 Å². The largest absolute Gasteiger partial charge is 0.495 e. The van der Waals surface area contributed by atoms with Crippen LogP contribution in [0.3, 0.4) is 0 Å². The number of halogens is 1. The number of carbonyl (C=O) groups is 1. The van der Waals surface area contributed by atoms with Gasteiger partial charge in [-0.2, -0.15) is 0 Å². The van der Waals surface area contributed by atoms with Gasteiger partial charge >= 0.3 is 0 Å². The third kappa shape index (κ3) is 4.57. The number of aromatic nitrogens is 1. The maximum atomic E-state index is 13.6. The smallest absolute Gasteiger partial charge is 0.256 e. The Hall–Kier alpha value is -3.38. The van der Waals surface area contributed by atoms with Crippen LogP contribution in [0.15, 0.2) is 59.1 Å². The Kier molecular flexibility index (Phi) is 6.38. The number of anilines is 1. The van der Waals surface area contributed by atoms with E-state index < -0.39 is 0 Å². The first-order valence-electron chi connectivity index (χ1n) is 10.5. The fourth-order valence-corrected chi connectivity index (χ4v) is 4.37. The van der Waals surface area contributed by atoms with Gasteiger partial charge in [0, 0.05) is 23.1 Å². The Morgan fingerprint density at radius 2 is 1.58 bits per heavy atom. The van der Waals surface area contributed by atoms with Gasteiger partial charge in [0.05, 0.1) is 41.2 Å². The van der Waals surface area contributed by atoms with Crippen LogP contribution in [0.25, 0.3) is 22.2 Å². The molecule has 1 heterocycles. The van der Waals surface area contributed by atoms with E-state index >= 15 is 0 Å². The van der Waals surface area contributed by atoms with Crippen LogP contribution in [0, 0.1) is 20.8 Å². The lowest BCUT2D eigenvalue weighted by molar-refractivity contribution is 0.102. The van der Waals surface area contributed by atoms with Crippen LogP contribution in [-0.2, 0) is 0 Å². The SMILES string of the molecule is COc1cc(NC(=O)c2cc(-c3ccc(C)cc3)nc3c(C)cc(C)cc23)c(OC)cc1Br. The van der Waals surface area contributed by atoms with Crippen molar-refractivity contribution in [3.8, 4) is 22.8 Å². The van der Waals surface area contributed by atoms with Crippen molar-refractivity contribution in [3.63, 3.8) is 0 Å². The minimum atomic E-state index is -0.247. The number of hydrogen-bond acceptors (Lipinski definition) is 4. The number of nitrogens with one attached hydrogen (secondary N) is 1. The molecule has 4 aromatic rings. The molecule has 1 N–H and O–H groups in total. The van der Waals surface area contributed by atoms with E-state index in [1.165, 1.54) is 5.56 Å². The number of hydrogen-bond donors (Lipinski definition) is 1. The molecule has 0 aliphatic carbocycles. The van der Waals surface area contributed by atoms with Crippen molar-refractivity contribution < 1.29 is 14.3 Å². The summed E-state index contributed by atoms with van der Waals surface area (Å²) in [6.45, 7) is 6.08. The van der Waals surface area contributed by atoms with Crippen LogP contribution in [0.1, 0.15) is 27.0 Å². The summed E-state index contributed by atoms with van der Waals surface area (Å²) in [4.78, 5) is 18.5. The summed E-state index contributed by atoms with van der Waals surface area (Å²) in [5.74, 6) is 0.877. The maximum Gasteiger partial charge on any atom is 0.256 e. The van der Waals surface area contributed by atoms with Gasteiger partial charge in [0.15, 0.2) is 0 Å². The monoisotopic (exact) mass is 504 g/mol. The lowest BCUT2D eigenvalue weighted by atomic mass is 9.99. The molecular formula is C27H25BrN2O3. The van der Waals surface area contributed by atoms with Crippen molar-refractivity contribution in [2.45, 2.75) is 20.8 Å². The molecule has 168 valence electrons. The number of fused-ring (bicyclic) bond motifs is 1. The Bertz CT molecular complexity index is 1360. The Labute approximate surface area is 201 Å². The van der Waals surface area contributed by atoms with Gasteiger partial charge in [0.1, 0.15) is 11.5 Å². The van der Waals surface area contributed by atoms with Crippen molar-refractivity contribution in [1.29, 1.82) is 0 Å². The van der Waals surface area contributed by atoms with Gasteiger partial charge in [0.2, 0.25) is 0 Å². The molecule has 5 nitrogen and oxygen atoms in total. The lowest BCUT2D eigenvalue weighted by Gasteiger charge is -2.16. The molecule has 6 heteroatoms. The number of methoxy groups -OCH3 is 2. The number of ether oxygens (including phenoxy) is 2. The Balaban J connectivity index is 1.87. The highest BCUT2D eigenvalue weighted by Gasteiger charge is 2.18. The van der Waals surface area contributed by atoms with Gasteiger partial charge in [-0.1, -0.05) is 41.5 Å². The predicted molar refractivity (Wildman–Crippen MR) is 137 cm³/mol. The van der Waals surface area contributed by atoms with Gasteiger partial charge in [-0.15, -0.1) is 0 Å². The highest BCUT2D eigenvalue weighted by Crippen LogP contribution is 2.37. The van der Waals surface area contributed by atoms with E-state index in [0.29, 0.717) is 22.7 Å². The Morgan fingerprint density at radius 3 is 2.24 bits per heavy atom. The maximum absolute atomic E-state index is 13.6. The molecule has 1 amide bonds. The topological polar surface area (TPSA) is 60.5 Å². The number of rotatable bonds is 5. The molecule has 0 radical (unpaired) electrons. The fourth-order valence-electron chi connectivity index (χ4n) is 3.89. The minimum absolute atomic E-state index is 0.247. The zero-order valence-corrected chi connectivity index (χ0v) is 20.8. The zero-order valence-electron chi connectivity index (χ0n) is 19.2. The van der Waals surface area contributed by atoms with Crippen molar-refractivity contribution in [1.82, 2.24) is 4.98 Å². The van der Waals surface area contributed by atoms with Gasteiger partial charge in [-0.25, -0.2) is 4.98 Å². The molecule has 0 saturated heterocycles. The van der Waals surface area contributed by atoms with Crippen molar-refractivity contribution in [2.75, 3.05) is 19.5 Å². The standard InChI is InChI=1S/C27H25BrN2O3/c1-15-6-8-18(9-7-15)22-12-20(19-11-16(2)10-17(3)26(19)29-22)27(31)30-23-14-24(32-4)21(28)13-25(23)33-5/h6-14H,1-5H3,(H,30,31). The van der Waals surface area contributed by atoms with Gasteiger partial charge in [0.25, 0.3) is 5.91 Å². The minimum Gasteiger partial charge on any atom is -0.495 e. The van der Waals surface area contributed by atoms with E-state index in [-0.39, 0.29) is 5.91 Å². The first-order chi connectivity index (χ1) is 15.8. The average molecular weight is 505 g/mol. The molecular weight excluding hydrogens is 480 g/mol. The zero-order chi connectivity index (χ0) is 23.7. The molecule has 4 rings (SSSR count). The third-order valence-electron chi connectivity index (χ3n) is 5.56. The van der Waals surface area contributed by atoms with E-state index in [1.807, 2.05) is 57.2 Å². The summed E-state index contributed by atoms with van der Waals surface area (Å²) in [5.41, 5.74) is 6.85. The quantitative estimate of drug-likeness (QED) is 0.322. The second-order valence-electron chi connectivity index (χ2n) is 8.04. The van der Waals surface area contributed by atoms with Crippen molar-refractivity contribution in [3.05, 3.63) is 81.3 Å². The number of pyridine rings is 1. The molecule has 0 saturated carbocycles. The summed E-state index contributed by atoms with van der Waals surface area (Å²) >= 11 is 3.46. The first kappa shape index (κ1) is 22.8. The summed E-state index contributed by atoms with van der Waals surface area (Å²) in [6.07, 6.45) is 0. The van der Waals surface area contributed by atoms with Crippen LogP contribution in [-0.4, -0.2) is 25.1 Å². The molecule has 0 aliphatic heterocycles. The molecule has 1 aromatic heterocycles. The summed E-state index contributed by atoms with van der Waals surface area (Å²) in [6, 6.07) is 17.6. The molecule has 3 aromatic carbocycles. The number of aryl methyl sites for hydroxylation is 3. The van der Waals surface area contributed by atoms with Crippen LogP contribution >= 0.6 is 15.9 Å². The van der Waals surface area contributed by atoms with Crippen LogP contribution in [0.5, 0.6) is 11.5 Å². The van der Waals surface area contributed by atoms with E-state index in [0.717, 1.165) is 37.8 Å². The lowest BCUT2D eigenvalue weighted by Crippen LogP contribution is -2.14. The van der Waals surface area contributed by atoms with E-state index in [4.69, 9.17) is 14.5 Å². The normalized spacial score (nSPS) is 10.8. The molecule has 0 fully saturated rings. The molecule has 0 unspecified atom stereocenters. The van der Waals surface area contributed by atoms with Crippen molar-refractivity contribution >= 4 is 38.4 Å². The second-order valence-corrected chi connectivity index (χ2v) is 8.89. The third-order valence-corrected chi connectivity index (χ3v) is 6.18. The van der Waals surface area contributed by atoms with Gasteiger partial charge in [-0.3, -0.25) is 4.79 Å². The summed E-state index contributed by atoms with van der Waals surface area (Å²) in [5, 5.41) is 3.82. The van der Waals surface area contributed by atoms with Crippen molar-refractivity contribution in [2.24, 2.45) is 0 Å². The van der Waals surface area contributed by atoms with E-state index in [9.17, 15) is 4.79 Å². The highest BCUT2D eigenvalue weighted by atomic mass is 79.9. The van der Waals surface area contributed by atoms with Crippen LogP contribution < -0.4 is 14.8 Å². The number of nitrogens with zero attached hydrogens (tertiary/aromatic N) is 1. The highest BCUT2D eigenvalue weighted by molar-refractivity contribution is 9.10. The molecule has 0 spiro atoms. The number of benzene rings is 3. The van der Waals surface area contributed by atoms with Gasteiger partial charge < -0.3 is 14.8 Å². The molecule has 0 aliphatic rings. The summed E-state index contributed by atoms with van der Waals surface area (Å²) < 4.78 is 11.6. The van der Waals surface area contributed by atoms with E-state index in [2.05, 4.69) is 27.3 Å². The predicted octanol–water partition coefficient (Wildman–Crippen LogP) is 6.86. The molecule has 0 bridgehead atoms. The number of carbonyl (C=O) groups excluding carboxylic acids is 1. The first-order valence-corrected chi connectivity index (χ1v) is 11.3. The summed E-state index contributed by atoms with van der Waals surface area (Å²) in [7, 11) is 3.14. The fraction of sp³-hybridized carbons (Fsp3) is 0.185. The average Bonchev–Trinajstić information content (AvgIpc) is 2.79. The molecule has 0 atom stereocenters. The van der Waals surface area contributed by atoms with Crippen LogP contribution in [0.2, 0.25) is 0 Å².